The number of ether oxygens (including phenoxy) is 1. The van der Waals surface area contributed by atoms with Gasteiger partial charge < -0.3 is 10.1 Å². The van der Waals surface area contributed by atoms with Crippen LogP contribution in [0.1, 0.15) is 39.5 Å². The Labute approximate surface area is 111 Å². The van der Waals surface area contributed by atoms with E-state index < -0.39 is 0 Å². The monoisotopic (exact) mass is 256 g/mol. The molecule has 0 aliphatic carbocycles. The first-order valence-electron chi connectivity index (χ1n) is 7.35. The van der Waals surface area contributed by atoms with E-state index in [1.54, 1.807) is 0 Å². The molecule has 0 saturated carbocycles. The highest BCUT2D eigenvalue weighted by molar-refractivity contribution is 5.71. The SMILES string of the molecule is CCCCC(CC)COC(=O)CN1CCNCC1. The minimum absolute atomic E-state index is 0.0631. The van der Waals surface area contributed by atoms with Gasteiger partial charge in [0.25, 0.3) is 0 Å². The van der Waals surface area contributed by atoms with E-state index in [4.69, 9.17) is 4.74 Å². The first-order chi connectivity index (χ1) is 8.76. The zero-order chi connectivity index (χ0) is 13.2. The molecule has 0 spiro atoms. The van der Waals surface area contributed by atoms with E-state index >= 15 is 0 Å². The fourth-order valence-corrected chi connectivity index (χ4v) is 2.21. The Morgan fingerprint density at radius 2 is 2.06 bits per heavy atom. The lowest BCUT2D eigenvalue weighted by Gasteiger charge is -2.26. The number of rotatable bonds is 8. The zero-order valence-electron chi connectivity index (χ0n) is 11.9. The molecule has 1 atom stereocenters. The molecule has 18 heavy (non-hydrogen) atoms. The molecule has 1 fully saturated rings. The number of hydrogen-bond donors (Lipinski definition) is 1. The van der Waals surface area contributed by atoms with Crippen molar-refractivity contribution in [3.63, 3.8) is 0 Å². The average Bonchev–Trinajstić information content (AvgIpc) is 2.40. The molecule has 1 heterocycles. The maximum absolute atomic E-state index is 11.7. The lowest BCUT2D eigenvalue weighted by atomic mass is 10.0. The summed E-state index contributed by atoms with van der Waals surface area (Å²) in [7, 11) is 0. The number of esters is 1. The molecule has 1 aliphatic heterocycles. The zero-order valence-corrected chi connectivity index (χ0v) is 11.9. The van der Waals surface area contributed by atoms with Crippen molar-refractivity contribution in [1.82, 2.24) is 10.2 Å². The molecule has 0 aromatic heterocycles. The largest absolute Gasteiger partial charge is 0.464 e. The number of piperazine rings is 1. The first kappa shape index (κ1) is 15.4. The molecule has 0 aromatic carbocycles. The van der Waals surface area contributed by atoms with Crippen LogP contribution in [0.5, 0.6) is 0 Å². The van der Waals surface area contributed by atoms with Crippen molar-refractivity contribution in [2.45, 2.75) is 39.5 Å². The third-order valence-electron chi connectivity index (χ3n) is 3.59. The van der Waals surface area contributed by atoms with Gasteiger partial charge in [-0.25, -0.2) is 0 Å². The van der Waals surface area contributed by atoms with Gasteiger partial charge in [0.05, 0.1) is 13.2 Å². The van der Waals surface area contributed by atoms with E-state index in [0.29, 0.717) is 19.1 Å². The van der Waals surface area contributed by atoms with E-state index in [1.165, 1.54) is 19.3 Å². The Morgan fingerprint density at radius 1 is 1.33 bits per heavy atom. The van der Waals surface area contributed by atoms with Gasteiger partial charge >= 0.3 is 5.97 Å². The molecule has 0 aromatic rings. The second-order valence-corrected chi connectivity index (χ2v) is 5.13. The molecular weight excluding hydrogens is 228 g/mol. The highest BCUT2D eigenvalue weighted by Crippen LogP contribution is 2.12. The number of nitrogens with one attached hydrogen (secondary N) is 1. The van der Waals surface area contributed by atoms with Crippen LogP contribution in [0.15, 0.2) is 0 Å². The van der Waals surface area contributed by atoms with Crippen LogP contribution in [0.25, 0.3) is 0 Å². The smallest absolute Gasteiger partial charge is 0.320 e. The summed E-state index contributed by atoms with van der Waals surface area (Å²) in [6, 6.07) is 0. The minimum atomic E-state index is -0.0631. The molecule has 1 N–H and O–H groups in total. The number of nitrogens with zero attached hydrogens (tertiary/aromatic N) is 1. The van der Waals surface area contributed by atoms with Crippen LogP contribution in [-0.4, -0.2) is 50.2 Å². The van der Waals surface area contributed by atoms with Crippen molar-refractivity contribution < 1.29 is 9.53 Å². The predicted molar refractivity (Wildman–Crippen MR) is 73.6 cm³/mol. The van der Waals surface area contributed by atoms with Crippen molar-refractivity contribution in [3.05, 3.63) is 0 Å². The number of carbonyl (C=O) groups is 1. The first-order valence-corrected chi connectivity index (χ1v) is 7.35. The van der Waals surface area contributed by atoms with Crippen molar-refractivity contribution in [2.24, 2.45) is 5.92 Å². The van der Waals surface area contributed by atoms with Gasteiger partial charge in [0.1, 0.15) is 0 Å². The number of hydrogen-bond acceptors (Lipinski definition) is 4. The third-order valence-corrected chi connectivity index (χ3v) is 3.59. The van der Waals surface area contributed by atoms with Crippen LogP contribution >= 0.6 is 0 Å². The van der Waals surface area contributed by atoms with Crippen LogP contribution in [0.2, 0.25) is 0 Å². The molecule has 1 aliphatic rings. The van der Waals surface area contributed by atoms with Gasteiger partial charge in [0, 0.05) is 26.2 Å². The van der Waals surface area contributed by atoms with E-state index in [9.17, 15) is 4.79 Å². The second-order valence-electron chi connectivity index (χ2n) is 5.13. The van der Waals surface area contributed by atoms with Crippen LogP contribution in [-0.2, 0) is 9.53 Å². The molecule has 1 rings (SSSR count). The highest BCUT2D eigenvalue weighted by Gasteiger charge is 2.15. The highest BCUT2D eigenvalue weighted by atomic mass is 16.5. The van der Waals surface area contributed by atoms with Crippen LogP contribution in [0, 0.1) is 5.92 Å². The fourth-order valence-electron chi connectivity index (χ4n) is 2.21. The van der Waals surface area contributed by atoms with Crippen LogP contribution < -0.4 is 5.32 Å². The molecule has 0 amide bonds. The van der Waals surface area contributed by atoms with Gasteiger partial charge in [-0.2, -0.15) is 0 Å². The minimum Gasteiger partial charge on any atom is -0.464 e. The van der Waals surface area contributed by atoms with Gasteiger partial charge in [0.15, 0.2) is 0 Å². The third kappa shape index (κ3) is 6.36. The van der Waals surface area contributed by atoms with E-state index in [1.807, 2.05) is 0 Å². The summed E-state index contributed by atoms with van der Waals surface area (Å²) in [6.45, 7) is 9.26. The number of carbonyl (C=O) groups excluding carboxylic acids is 1. The summed E-state index contributed by atoms with van der Waals surface area (Å²) in [6.07, 6.45) is 4.72. The normalized spacial score (nSPS) is 18.6. The fraction of sp³-hybridized carbons (Fsp3) is 0.929. The molecule has 4 heteroatoms. The summed E-state index contributed by atoms with van der Waals surface area (Å²) in [5.41, 5.74) is 0. The quantitative estimate of drug-likeness (QED) is 0.671. The Morgan fingerprint density at radius 3 is 2.67 bits per heavy atom. The van der Waals surface area contributed by atoms with E-state index in [0.717, 1.165) is 32.6 Å². The molecule has 0 radical (unpaired) electrons. The molecule has 4 nitrogen and oxygen atoms in total. The Bertz CT molecular complexity index is 228. The number of unbranched alkanes of at least 4 members (excludes halogenated alkanes) is 1. The molecular formula is C14H28N2O2. The van der Waals surface area contributed by atoms with Crippen molar-refractivity contribution in [3.8, 4) is 0 Å². The summed E-state index contributed by atoms with van der Waals surface area (Å²) in [5.74, 6) is 0.476. The Balaban J connectivity index is 2.14. The van der Waals surface area contributed by atoms with Gasteiger partial charge in [0.2, 0.25) is 0 Å². The average molecular weight is 256 g/mol. The summed E-state index contributed by atoms with van der Waals surface area (Å²) in [5, 5.41) is 3.28. The van der Waals surface area contributed by atoms with Gasteiger partial charge in [-0.15, -0.1) is 0 Å². The summed E-state index contributed by atoms with van der Waals surface area (Å²) in [4.78, 5) is 13.9. The van der Waals surface area contributed by atoms with Crippen LogP contribution in [0.3, 0.4) is 0 Å². The van der Waals surface area contributed by atoms with Gasteiger partial charge in [-0.1, -0.05) is 33.1 Å². The predicted octanol–water partition coefficient (Wildman–Crippen LogP) is 1.65. The van der Waals surface area contributed by atoms with Crippen molar-refractivity contribution in [1.29, 1.82) is 0 Å². The van der Waals surface area contributed by atoms with Crippen LogP contribution in [0.4, 0.5) is 0 Å². The Hall–Kier alpha value is -0.610. The van der Waals surface area contributed by atoms with Gasteiger partial charge in [-0.3, -0.25) is 9.69 Å². The summed E-state index contributed by atoms with van der Waals surface area (Å²) < 4.78 is 5.39. The maximum Gasteiger partial charge on any atom is 0.320 e. The summed E-state index contributed by atoms with van der Waals surface area (Å²) >= 11 is 0. The molecule has 1 unspecified atom stereocenters. The standard InChI is InChI=1S/C14H28N2O2/c1-3-5-6-13(4-2)12-18-14(17)11-16-9-7-15-8-10-16/h13,15H,3-12H2,1-2H3. The second kappa shape index (κ2) is 9.34. The van der Waals surface area contributed by atoms with Gasteiger partial charge in [-0.05, 0) is 12.3 Å². The van der Waals surface area contributed by atoms with E-state index in [2.05, 4.69) is 24.1 Å². The lowest BCUT2D eigenvalue weighted by molar-refractivity contribution is -0.146. The lowest BCUT2D eigenvalue weighted by Crippen LogP contribution is -2.45. The molecule has 106 valence electrons. The molecule has 0 bridgehead atoms. The van der Waals surface area contributed by atoms with Crippen molar-refractivity contribution in [2.75, 3.05) is 39.3 Å². The van der Waals surface area contributed by atoms with Crippen molar-refractivity contribution >= 4 is 5.97 Å². The van der Waals surface area contributed by atoms with E-state index in [-0.39, 0.29) is 5.97 Å². The Kier molecular flexibility index (Phi) is 8.01. The maximum atomic E-state index is 11.7. The molecule has 1 saturated heterocycles. The topological polar surface area (TPSA) is 41.6 Å².